The molecule has 3 aromatic heterocycles. The molecule has 0 bridgehead atoms. The van der Waals surface area contributed by atoms with Crippen LogP contribution in [0.25, 0.3) is 10.9 Å². The van der Waals surface area contributed by atoms with Crippen LogP contribution in [0.4, 0.5) is 0 Å². The van der Waals surface area contributed by atoms with E-state index >= 15 is 0 Å². The van der Waals surface area contributed by atoms with E-state index in [9.17, 15) is 0 Å². The van der Waals surface area contributed by atoms with Crippen molar-refractivity contribution in [3.05, 3.63) is 102 Å². The molecule has 0 unspecified atom stereocenters. The molecule has 27 heavy (non-hydrogen) atoms. The Hall–Kier alpha value is -3.11. The van der Waals surface area contributed by atoms with Crippen LogP contribution in [0.5, 0.6) is 0 Å². The summed E-state index contributed by atoms with van der Waals surface area (Å²) in [5.41, 5.74) is 4.17. The maximum absolute atomic E-state index is 4.90. The van der Waals surface area contributed by atoms with Gasteiger partial charge in [0.1, 0.15) is 0 Å². The standard InChI is InChI=1S/C23H22N4/c1-18(22-13-12-19-8-2-3-11-23(19)26-22)27(16-20-9-4-6-14-24-20)17-21-10-5-7-15-25-21/h2-15,18H,16-17H2,1H3/t18-/m1/s1. The molecule has 4 heteroatoms. The van der Waals surface area contributed by atoms with E-state index in [1.54, 1.807) is 0 Å². The number of hydrogen-bond donors (Lipinski definition) is 0. The van der Waals surface area contributed by atoms with Crippen molar-refractivity contribution in [2.75, 3.05) is 0 Å². The van der Waals surface area contributed by atoms with Gasteiger partial charge in [-0.1, -0.05) is 36.4 Å². The highest BCUT2D eigenvalue weighted by Gasteiger charge is 2.19. The lowest BCUT2D eigenvalue weighted by Crippen LogP contribution is -2.27. The second-order valence-corrected chi connectivity index (χ2v) is 6.65. The van der Waals surface area contributed by atoms with Crippen molar-refractivity contribution in [3.8, 4) is 0 Å². The third-order valence-electron chi connectivity index (χ3n) is 4.78. The Balaban J connectivity index is 1.64. The first-order valence-corrected chi connectivity index (χ1v) is 9.19. The molecular weight excluding hydrogens is 332 g/mol. The molecule has 0 amide bonds. The number of pyridine rings is 3. The van der Waals surface area contributed by atoms with Crippen LogP contribution in [-0.4, -0.2) is 19.9 Å². The lowest BCUT2D eigenvalue weighted by molar-refractivity contribution is 0.184. The first-order valence-electron chi connectivity index (χ1n) is 9.19. The van der Waals surface area contributed by atoms with Crippen LogP contribution < -0.4 is 0 Å². The zero-order chi connectivity index (χ0) is 18.5. The average Bonchev–Trinajstić information content (AvgIpc) is 2.74. The van der Waals surface area contributed by atoms with Gasteiger partial charge in [-0.05, 0) is 43.3 Å². The Morgan fingerprint density at radius 3 is 2.00 bits per heavy atom. The molecule has 1 atom stereocenters. The van der Waals surface area contributed by atoms with Gasteiger partial charge in [0.15, 0.2) is 0 Å². The van der Waals surface area contributed by atoms with Gasteiger partial charge in [-0.2, -0.15) is 0 Å². The summed E-state index contributed by atoms with van der Waals surface area (Å²) < 4.78 is 0. The number of fused-ring (bicyclic) bond motifs is 1. The van der Waals surface area contributed by atoms with Crippen molar-refractivity contribution < 1.29 is 0 Å². The average molecular weight is 354 g/mol. The molecule has 0 radical (unpaired) electrons. The third-order valence-corrected chi connectivity index (χ3v) is 4.78. The molecule has 3 heterocycles. The summed E-state index contributed by atoms with van der Waals surface area (Å²) in [6.45, 7) is 3.68. The Morgan fingerprint density at radius 2 is 1.37 bits per heavy atom. The van der Waals surface area contributed by atoms with Crippen molar-refractivity contribution >= 4 is 10.9 Å². The SMILES string of the molecule is C[C@H](c1ccc2ccccc2n1)N(Cc1ccccn1)Cc1ccccn1. The molecule has 134 valence electrons. The molecule has 0 aliphatic carbocycles. The van der Waals surface area contributed by atoms with E-state index in [1.807, 2.05) is 48.8 Å². The number of rotatable bonds is 6. The van der Waals surface area contributed by atoms with Crippen LogP contribution in [0.2, 0.25) is 0 Å². The molecule has 1 aromatic carbocycles. The van der Waals surface area contributed by atoms with Gasteiger partial charge in [-0.25, -0.2) is 0 Å². The molecule has 0 aliphatic heterocycles. The number of benzene rings is 1. The zero-order valence-corrected chi connectivity index (χ0v) is 15.4. The summed E-state index contributed by atoms with van der Waals surface area (Å²) in [4.78, 5) is 16.3. The second kappa shape index (κ2) is 8.06. The van der Waals surface area contributed by atoms with Crippen molar-refractivity contribution in [1.82, 2.24) is 19.9 Å². The first-order chi connectivity index (χ1) is 13.3. The Morgan fingerprint density at radius 1 is 0.741 bits per heavy atom. The topological polar surface area (TPSA) is 41.9 Å². The van der Waals surface area contributed by atoms with Crippen LogP contribution in [-0.2, 0) is 13.1 Å². The van der Waals surface area contributed by atoms with Crippen LogP contribution in [0, 0.1) is 0 Å². The summed E-state index contributed by atoms with van der Waals surface area (Å²) in [5, 5.41) is 1.16. The predicted octanol–water partition coefficient (Wildman–Crippen LogP) is 4.79. The lowest BCUT2D eigenvalue weighted by Gasteiger charge is -2.28. The van der Waals surface area contributed by atoms with Crippen LogP contribution in [0.3, 0.4) is 0 Å². The van der Waals surface area contributed by atoms with Crippen molar-refractivity contribution in [3.63, 3.8) is 0 Å². The smallest absolute Gasteiger partial charge is 0.0706 e. The van der Waals surface area contributed by atoms with E-state index in [1.165, 1.54) is 0 Å². The maximum atomic E-state index is 4.90. The largest absolute Gasteiger partial charge is 0.283 e. The molecular formula is C23H22N4. The van der Waals surface area contributed by atoms with Gasteiger partial charge in [0.2, 0.25) is 0 Å². The van der Waals surface area contributed by atoms with Gasteiger partial charge >= 0.3 is 0 Å². The fraction of sp³-hybridized carbons (Fsp3) is 0.174. The summed E-state index contributed by atoms with van der Waals surface area (Å²) in [5.74, 6) is 0. The van der Waals surface area contributed by atoms with Crippen molar-refractivity contribution in [1.29, 1.82) is 0 Å². The van der Waals surface area contributed by atoms with Gasteiger partial charge in [-0.15, -0.1) is 0 Å². The number of hydrogen-bond acceptors (Lipinski definition) is 4. The Labute approximate surface area is 159 Å². The van der Waals surface area contributed by atoms with E-state index in [4.69, 9.17) is 4.98 Å². The normalized spacial score (nSPS) is 12.4. The molecule has 0 spiro atoms. The van der Waals surface area contributed by atoms with E-state index < -0.39 is 0 Å². The van der Waals surface area contributed by atoms with E-state index in [-0.39, 0.29) is 6.04 Å². The molecule has 4 nitrogen and oxygen atoms in total. The molecule has 0 saturated heterocycles. The monoisotopic (exact) mass is 354 g/mol. The summed E-state index contributed by atoms with van der Waals surface area (Å²) >= 11 is 0. The second-order valence-electron chi connectivity index (χ2n) is 6.65. The minimum atomic E-state index is 0.138. The van der Waals surface area contributed by atoms with E-state index in [0.717, 1.165) is 41.1 Å². The molecule has 4 rings (SSSR count). The van der Waals surface area contributed by atoms with E-state index in [0.29, 0.717) is 0 Å². The molecule has 0 N–H and O–H groups in total. The van der Waals surface area contributed by atoms with Gasteiger partial charge in [0.05, 0.1) is 28.6 Å². The van der Waals surface area contributed by atoms with Gasteiger partial charge < -0.3 is 0 Å². The van der Waals surface area contributed by atoms with Crippen LogP contribution in [0.15, 0.2) is 85.2 Å². The van der Waals surface area contributed by atoms with Gasteiger partial charge in [0, 0.05) is 30.9 Å². The minimum Gasteiger partial charge on any atom is -0.283 e. The first kappa shape index (κ1) is 17.3. The number of para-hydroxylation sites is 1. The number of nitrogens with zero attached hydrogens (tertiary/aromatic N) is 4. The summed E-state index contributed by atoms with van der Waals surface area (Å²) in [6.07, 6.45) is 3.68. The van der Waals surface area contributed by atoms with Crippen LogP contribution >= 0.6 is 0 Å². The molecule has 0 fully saturated rings. The Kier molecular flexibility index (Phi) is 5.17. The minimum absolute atomic E-state index is 0.138. The fourth-order valence-corrected chi connectivity index (χ4v) is 3.23. The van der Waals surface area contributed by atoms with Crippen LogP contribution in [0.1, 0.15) is 30.0 Å². The summed E-state index contributed by atoms with van der Waals surface area (Å²) in [7, 11) is 0. The van der Waals surface area contributed by atoms with Crippen molar-refractivity contribution in [2.45, 2.75) is 26.1 Å². The maximum Gasteiger partial charge on any atom is 0.0706 e. The highest BCUT2D eigenvalue weighted by atomic mass is 15.2. The third kappa shape index (κ3) is 4.18. The highest BCUT2D eigenvalue weighted by Crippen LogP contribution is 2.24. The summed E-state index contributed by atoms with van der Waals surface area (Å²) in [6, 6.07) is 24.7. The quantitative estimate of drug-likeness (QED) is 0.499. The predicted molar refractivity (Wildman–Crippen MR) is 108 cm³/mol. The van der Waals surface area contributed by atoms with E-state index in [2.05, 4.69) is 58.2 Å². The zero-order valence-electron chi connectivity index (χ0n) is 15.4. The highest BCUT2D eigenvalue weighted by molar-refractivity contribution is 5.78. The van der Waals surface area contributed by atoms with Crippen molar-refractivity contribution in [2.24, 2.45) is 0 Å². The molecule has 0 aliphatic rings. The number of aromatic nitrogens is 3. The van der Waals surface area contributed by atoms with Gasteiger partial charge in [-0.3, -0.25) is 19.9 Å². The van der Waals surface area contributed by atoms with Gasteiger partial charge in [0.25, 0.3) is 0 Å². The molecule has 4 aromatic rings. The Bertz CT molecular complexity index is 961. The fourth-order valence-electron chi connectivity index (χ4n) is 3.23. The lowest BCUT2D eigenvalue weighted by atomic mass is 10.1. The molecule has 0 saturated carbocycles.